The van der Waals surface area contributed by atoms with Crippen LogP contribution < -0.4 is 5.73 Å². The summed E-state index contributed by atoms with van der Waals surface area (Å²) in [4.78, 5) is 2.63. The van der Waals surface area contributed by atoms with E-state index < -0.39 is 0 Å². The standard InChI is InChI=1S/C18H30N2/c1-4-17-8-6-5-7-11-20(17)13-18(19)16-10-9-14(2)15(3)12-16/h9-10,12,17-18H,4-8,11,13,19H2,1-3H3. The maximum atomic E-state index is 6.47. The van der Waals surface area contributed by atoms with Gasteiger partial charge in [0.05, 0.1) is 0 Å². The van der Waals surface area contributed by atoms with Gasteiger partial charge >= 0.3 is 0 Å². The molecule has 1 aliphatic heterocycles. The third-order valence-corrected chi connectivity index (χ3v) is 4.86. The summed E-state index contributed by atoms with van der Waals surface area (Å²) in [7, 11) is 0. The zero-order chi connectivity index (χ0) is 14.5. The predicted octanol–water partition coefficient (Wildman–Crippen LogP) is 3.96. The average molecular weight is 274 g/mol. The van der Waals surface area contributed by atoms with Crippen LogP contribution in [0.15, 0.2) is 18.2 Å². The van der Waals surface area contributed by atoms with Gasteiger partial charge in [-0.2, -0.15) is 0 Å². The number of nitrogens with zero attached hydrogens (tertiary/aromatic N) is 1. The van der Waals surface area contributed by atoms with Crippen LogP contribution >= 0.6 is 0 Å². The van der Waals surface area contributed by atoms with Crippen molar-refractivity contribution >= 4 is 0 Å². The Morgan fingerprint density at radius 3 is 2.70 bits per heavy atom. The van der Waals surface area contributed by atoms with Crippen molar-refractivity contribution in [2.24, 2.45) is 5.73 Å². The van der Waals surface area contributed by atoms with E-state index in [4.69, 9.17) is 5.73 Å². The minimum absolute atomic E-state index is 0.140. The summed E-state index contributed by atoms with van der Waals surface area (Å²) < 4.78 is 0. The monoisotopic (exact) mass is 274 g/mol. The highest BCUT2D eigenvalue weighted by Gasteiger charge is 2.21. The summed E-state index contributed by atoms with van der Waals surface area (Å²) in [6, 6.07) is 7.53. The highest BCUT2D eigenvalue weighted by atomic mass is 15.2. The maximum Gasteiger partial charge on any atom is 0.0424 e. The molecule has 0 bridgehead atoms. The zero-order valence-electron chi connectivity index (χ0n) is 13.4. The molecular formula is C18H30N2. The molecule has 2 heteroatoms. The Morgan fingerprint density at radius 1 is 1.20 bits per heavy atom. The largest absolute Gasteiger partial charge is 0.323 e. The molecule has 0 aliphatic carbocycles. The lowest BCUT2D eigenvalue weighted by Crippen LogP contribution is -2.39. The topological polar surface area (TPSA) is 29.3 Å². The summed E-state index contributed by atoms with van der Waals surface area (Å²) in [6.45, 7) is 8.86. The second-order valence-corrected chi connectivity index (χ2v) is 6.36. The van der Waals surface area contributed by atoms with Crippen LogP contribution in [-0.4, -0.2) is 24.0 Å². The average Bonchev–Trinajstić information content (AvgIpc) is 2.66. The minimum Gasteiger partial charge on any atom is -0.323 e. The summed E-state index contributed by atoms with van der Waals surface area (Å²) >= 11 is 0. The number of hydrogen-bond donors (Lipinski definition) is 1. The van der Waals surface area contributed by atoms with Crippen LogP contribution in [0.25, 0.3) is 0 Å². The first-order chi connectivity index (χ1) is 9.61. The van der Waals surface area contributed by atoms with Crippen LogP contribution in [0.4, 0.5) is 0 Å². The molecule has 112 valence electrons. The molecule has 1 heterocycles. The molecule has 2 rings (SSSR count). The van der Waals surface area contributed by atoms with Gasteiger partial charge in [-0.1, -0.05) is 38.0 Å². The Labute approximate surface area is 124 Å². The van der Waals surface area contributed by atoms with E-state index in [1.54, 1.807) is 0 Å². The zero-order valence-corrected chi connectivity index (χ0v) is 13.4. The van der Waals surface area contributed by atoms with Gasteiger partial charge in [0.1, 0.15) is 0 Å². The molecule has 0 aromatic heterocycles. The van der Waals surface area contributed by atoms with Gasteiger partial charge in [0.15, 0.2) is 0 Å². The van der Waals surface area contributed by atoms with E-state index in [0.29, 0.717) is 0 Å². The Kier molecular flexibility index (Phi) is 5.62. The molecule has 1 aromatic rings. The van der Waals surface area contributed by atoms with E-state index in [1.807, 2.05) is 0 Å². The lowest BCUT2D eigenvalue weighted by Gasteiger charge is -2.31. The molecule has 1 aromatic carbocycles. The van der Waals surface area contributed by atoms with Gasteiger partial charge in [-0.3, -0.25) is 4.90 Å². The van der Waals surface area contributed by atoms with Gasteiger partial charge in [0.25, 0.3) is 0 Å². The van der Waals surface area contributed by atoms with E-state index >= 15 is 0 Å². The minimum atomic E-state index is 0.140. The molecule has 1 aliphatic rings. The Hall–Kier alpha value is -0.860. The van der Waals surface area contributed by atoms with E-state index in [2.05, 4.69) is 43.9 Å². The van der Waals surface area contributed by atoms with Crippen LogP contribution in [-0.2, 0) is 0 Å². The van der Waals surface area contributed by atoms with Crippen LogP contribution in [0.3, 0.4) is 0 Å². The summed E-state index contributed by atoms with van der Waals surface area (Å²) in [5.74, 6) is 0. The second-order valence-electron chi connectivity index (χ2n) is 6.36. The summed E-state index contributed by atoms with van der Waals surface area (Å²) in [5, 5.41) is 0. The molecule has 20 heavy (non-hydrogen) atoms. The summed E-state index contributed by atoms with van der Waals surface area (Å²) in [5.41, 5.74) is 10.5. The van der Waals surface area contributed by atoms with Crippen molar-refractivity contribution in [2.75, 3.05) is 13.1 Å². The van der Waals surface area contributed by atoms with Crippen molar-refractivity contribution in [1.29, 1.82) is 0 Å². The van der Waals surface area contributed by atoms with Crippen molar-refractivity contribution in [3.05, 3.63) is 34.9 Å². The molecule has 0 radical (unpaired) electrons. The van der Waals surface area contributed by atoms with Crippen molar-refractivity contribution in [3.8, 4) is 0 Å². The molecule has 0 amide bonds. The van der Waals surface area contributed by atoms with Gasteiger partial charge in [-0.15, -0.1) is 0 Å². The van der Waals surface area contributed by atoms with E-state index in [0.717, 1.165) is 12.6 Å². The fourth-order valence-corrected chi connectivity index (χ4v) is 3.29. The van der Waals surface area contributed by atoms with Crippen molar-refractivity contribution < 1.29 is 0 Å². The van der Waals surface area contributed by atoms with E-state index in [-0.39, 0.29) is 6.04 Å². The number of likely N-dealkylation sites (tertiary alicyclic amines) is 1. The fraction of sp³-hybridized carbons (Fsp3) is 0.667. The molecule has 1 fully saturated rings. The smallest absolute Gasteiger partial charge is 0.0424 e. The van der Waals surface area contributed by atoms with Crippen LogP contribution in [0, 0.1) is 13.8 Å². The third-order valence-electron chi connectivity index (χ3n) is 4.86. The van der Waals surface area contributed by atoms with Gasteiger partial charge in [0, 0.05) is 18.6 Å². The highest BCUT2D eigenvalue weighted by Crippen LogP contribution is 2.23. The second kappa shape index (κ2) is 7.24. The number of rotatable bonds is 4. The number of benzene rings is 1. The molecule has 1 saturated heterocycles. The van der Waals surface area contributed by atoms with E-state index in [1.165, 1.54) is 55.3 Å². The fourth-order valence-electron chi connectivity index (χ4n) is 3.29. The molecule has 2 unspecified atom stereocenters. The number of hydrogen-bond acceptors (Lipinski definition) is 2. The highest BCUT2D eigenvalue weighted by molar-refractivity contribution is 5.31. The number of nitrogens with two attached hydrogens (primary N) is 1. The van der Waals surface area contributed by atoms with Gasteiger partial charge in [-0.25, -0.2) is 0 Å². The van der Waals surface area contributed by atoms with Crippen molar-refractivity contribution in [1.82, 2.24) is 4.90 Å². The molecule has 2 atom stereocenters. The van der Waals surface area contributed by atoms with Crippen molar-refractivity contribution in [3.63, 3.8) is 0 Å². The normalized spacial score (nSPS) is 22.5. The Morgan fingerprint density at radius 2 is 2.00 bits per heavy atom. The maximum absolute atomic E-state index is 6.47. The lowest BCUT2D eigenvalue weighted by atomic mass is 10.00. The third kappa shape index (κ3) is 3.83. The van der Waals surface area contributed by atoms with Gasteiger partial charge < -0.3 is 5.73 Å². The molecule has 0 spiro atoms. The quantitative estimate of drug-likeness (QED) is 0.900. The van der Waals surface area contributed by atoms with Gasteiger partial charge in [0.2, 0.25) is 0 Å². The lowest BCUT2D eigenvalue weighted by molar-refractivity contribution is 0.183. The van der Waals surface area contributed by atoms with Crippen LogP contribution in [0.1, 0.15) is 61.8 Å². The van der Waals surface area contributed by atoms with Gasteiger partial charge in [-0.05, 0) is 56.3 Å². The number of aryl methyl sites for hydroxylation is 2. The SMILES string of the molecule is CCC1CCCCCN1CC(N)c1ccc(C)c(C)c1. The van der Waals surface area contributed by atoms with Crippen LogP contribution in [0.2, 0.25) is 0 Å². The van der Waals surface area contributed by atoms with E-state index in [9.17, 15) is 0 Å². The Balaban J connectivity index is 2.04. The van der Waals surface area contributed by atoms with Crippen LogP contribution in [0.5, 0.6) is 0 Å². The molecular weight excluding hydrogens is 244 g/mol. The summed E-state index contributed by atoms with van der Waals surface area (Å²) in [6.07, 6.45) is 6.69. The first-order valence-corrected chi connectivity index (χ1v) is 8.18. The Bertz CT molecular complexity index is 427. The first kappa shape index (κ1) is 15.5. The predicted molar refractivity (Wildman–Crippen MR) is 87.0 cm³/mol. The first-order valence-electron chi connectivity index (χ1n) is 8.18. The molecule has 2 nitrogen and oxygen atoms in total. The molecule has 0 saturated carbocycles. The molecule has 2 N–H and O–H groups in total. The van der Waals surface area contributed by atoms with Crippen molar-refractivity contribution in [2.45, 2.75) is 65.0 Å².